The van der Waals surface area contributed by atoms with Crippen LogP contribution in [0.15, 0.2) is 40.8 Å². The van der Waals surface area contributed by atoms with Crippen LogP contribution in [0.5, 0.6) is 0 Å². The molecule has 1 aromatic heterocycles. The normalized spacial score (nSPS) is 11.2. The second-order valence-electron chi connectivity index (χ2n) is 4.94. The highest BCUT2D eigenvalue weighted by molar-refractivity contribution is 7.11. The third kappa shape index (κ3) is 3.54. The summed E-state index contributed by atoms with van der Waals surface area (Å²) < 4.78 is 0. The summed E-state index contributed by atoms with van der Waals surface area (Å²) in [5.74, 6) is 0.276. The Bertz CT molecular complexity index is 612. The van der Waals surface area contributed by atoms with Gasteiger partial charge in [0.25, 0.3) is 5.91 Å². The number of hydrazone groups is 1. The Morgan fingerprint density at radius 2 is 1.95 bits per heavy atom. The van der Waals surface area contributed by atoms with Crippen molar-refractivity contribution in [1.82, 2.24) is 5.43 Å². The minimum absolute atomic E-state index is 0.189. The summed E-state index contributed by atoms with van der Waals surface area (Å²) in [7, 11) is 0. The van der Waals surface area contributed by atoms with Gasteiger partial charge in [-0.1, -0.05) is 26.0 Å². The summed E-state index contributed by atoms with van der Waals surface area (Å²) in [6.45, 7) is 6.27. The minimum atomic E-state index is -0.189. The standard InChI is InChI=1S/C16H18N2OS/c1-11(2)13-4-6-14(7-5-13)16(19)18-17-10-15-12(3)8-9-20-15/h4-11H,1-3H3,(H,18,19). The molecule has 3 nitrogen and oxygen atoms in total. The fraction of sp³-hybridized carbons (Fsp3) is 0.250. The monoisotopic (exact) mass is 286 g/mol. The number of benzene rings is 1. The van der Waals surface area contributed by atoms with Gasteiger partial charge in [0.15, 0.2) is 0 Å². The van der Waals surface area contributed by atoms with Crippen molar-refractivity contribution >= 4 is 23.5 Å². The third-order valence-electron chi connectivity index (χ3n) is 3.09. The van der Waals surface area contributed by atoms with E-state index in [0.717, 1.165) is 10.4 Å². The molecule has 104 valence electrons. The van der Waals surface area contributed by atoms with Crippen LogP contribution in [-0.4, -0.2) is 12.1 Å². The molecule has 0 unspecified atom stereocenters. The first-order valence-electron chi connectivity index (χ1n) is 6.55. The maximum atomic E-state index is 11.9. The molecule has 1 aromatic carbocycles. The minimum Gasteiger partial charge on any atom is -0.267 e. The lowest BCUT2D eigenvalue weighted by Crippen LogP contribution is -2.17. The van der Waals surface area contributed by atoms with Crippen LogP contribution in [0.2, 0.25) is 0 Å². The van der Waals surface area contributed by atoms with Gasteiger partial charge in [-0.15, -0.1) is 11.3 Å². The van der Waals surface area contributed by atoms with Gasteiger partial charge in [0.2, 0.25) is 0 Å². The molecule has 1 amide bonds. The molecular formula is C16H18N2OS. The van der Waals surface area contributed by atoms with Crippen LogP contribution >= 0.6 is 11.3 Å². The second kappa shape index (κ2) is 6.48. The van der Waals surface area contributed by atoms with Crippen molar-refractivity contribution in [1.29, 1.82) is 0 Å². The van der Waals surface area contributed by atoms with Crippen molar-refractivity contribution in [2.24, 2.45) is 5.10 Å². The van der Waals surface area contributed by atoms with Gasteiger partial charge in [-0.2, -0.15) is 5.10 Å². The molecule has 0 atom stereocenters. The summed E-state index contributed by atoms with van der Waals surface area (Å²) >= 11 is 1.60. The topological polar surface area (TPSA) is 41.5 Å². The Labute approximate surface area is 123 Å². The summed E-state index contributed by atoms with van der Waals surface area (Å²) in [6, 6.07) is 9.64. The fourth-order valence-electron chi connectivity index (χ4n) is 1.75. The Morgan fingerprint density at radius 1 is 1.25 bits per heavy atom. The summed E-state index contributed by atoms with van der Waals surface area (Å²) in [5, 5.41) is 6.00. The molecule has 0 saturated carbocycles. The average Bonchev–Trinajstić information content (AvgIpc) is 2.84. The van der Waals surface area contributed by atoms with Gasteiger partial charge in [0.05, 0.1) is 6.21 Å². The summed E-state index contributed by atoms with van der Waals surface area (Å²) in [4.78, 5) is 13.0. The van der Waals surface area contributed by atoms with Gasteiger partial charge in [-0.3, -0.25) is 4.79 Å². The fourth-order valence-corrected chi connectivity index (χ4v) is 2.54. The first-order valence-corrected chi connectivity index (χ1v) is 7.43. The lowest BCUT2D eigenvalue weighted by Gasteiger charge is -2.05. The number of rotatable bonds is 4. The van der Waals surface area contributed by atoms with Gasteiger partial charge in [-0.25, -0.2) is 5.43 Å². The van der Waals surface area contributed by atoms with Crippen LogP contribution in [0.25, 0.3) is 0 Å². The maximum Gasteiger partial charge on any atom is 0.271 e. The van der Waals surface area contributed by atoms with E-state index in [9.17, 15) is 4.79 Å². The van der Waals surface area contributed by atoms with E-state index in [1.54, 1.807) is 17.6 Å². The number of carbonyl (C=O) groups is 1. The molecule has 0 aliphatic carbocycles. The van der Waals surface area contributed by atoms with Crippen molar-refractivity contribution in [3.05, 3.63) is 57.3 Å². The molecule has 1 N–H and O–H groups in total. The molecule has 0 saturated heterocycles. The largest absolute Gasteiger partial charge is 0.271 e. The molecule has 0 aliphatic rings. The van der Waals surface area contributed by atoms with E-state index >= 15 is 0 Å². The first kappa shape index (κ1) is 14.5. The van der Waals surface area contributed by atoms with Crippen LogP contribution < -0.4 is 5.43 Å². The van der Waals surface area contributed by atoms with Crippen molar-refractivity contribution in [2.75, 3.05) is 0 Å². The second-order valence-corrected chi connectivity index (χ2v) is 5.89. The van der Waals surface area contributed by atoms with Crippen molar-refractivity contribution in [2.45, 2.75) is 26.7 Å². The zero-order valence-electron chi connectivity index (χ0n) is 11.9. The van der Waals surface area contributed by atoms with Crippen LogP contribution in [0, 0.1) is 6.92 Å². The highest BCUT2D eigenvalue weighted by Gasteiger charge is 2.05. The first-order chi connectivity index (χ1) is 9.58. The average molecular weight is 286 g/mol. The number of hydrogen-bond acceptors (Lipinski definition) is 3. The number of thiophene rings is 1. The molecule has 2 aromatic rings. The predicted octanol–water partition coefficient (Wildman–Crippen LogP) is 3.94. The smallest absolute Gasteiger partial charge is 0.267 e. The predicted molar refractivity (Wildman–Crippen MR) is 84.6 cm³/mol. The number of hydrogen-bond donors (Lipinski definition) is 1. The molecular weight excluding hydrogens is 268 g/mol. The molecule has 2 rings (SSSR count). The zero-order valence-corrected chi connectivity index (χ0v) is 12.7. The Hall–Kier alpha value is -1.94. The van der Waals surface area contributed by atoms with E-state index in [-0.39, 0.29) is 5.91 Å². The molecule has 4 heteroatoms. The maximum absolute atomic E-state index is 11.9. The van der Waals surface area contributed by atoms with Crippen LogP contribution in [0.3, 0.4) is 0 Å². The zero-order chi connectivity index (χ0) is 14.5. The van der Waals surface area contributed by atoms with Gasteiger partial charge in [0, 0.05) is 10.4 Å². The Morgan fingerprint density at radius 3 is 2.50 bits per heavy atom. The van der Waals surface area contributed by atoms with E-state index in [4.69, 9.17) is 0 Å². The van der Waals surface area contributed by atoms with Gasteiger partial charge >= 0.3 is 0 Å². The van der Waals surface area contributed by atoms with E-state index in [1.165, 1.54) is 5.56 Å². The lowest BCUT2D eigenvalue weighted by atomic mass is 10.0. The highest BCUT2D eigenvalue weighted by atomic mass is 32.1. The number of amides is 1. The Kier molecular flexibility index (Phi) is 4.69. The molecule has 20 heavy (non-hydrogen) atoms. The number of carbonyl (C=O) groups excluding carboxylic acids is 1. The van der Waals surface area contributed by atoms with Crippen molar-refractivity contribution in [3.8, 4) is 0 Å². The van der Waals surface area contributed by atoms with Crippen LogP contribution in [0.1, 0.15) is 46.1 Å². The van der Waals surface area contributed by atoms with Crippen molar-refractivity contribution < 1.29 is 4.79 Å². The van der Waals surface area contributed by atoms with Gasteiger partial charge in [0.1, 0.15) is 0 Å². The summed E-state index contributed by atoms with van der Waals surface area (Å²) in [6.07, 6.45) is 1.68. The van der Waals surface area contributed by atoms with Gasteiger partial charge < -0.3 is 0 Å². The number of aryl methyl sites for hydroxylation is 1. The summed E-state index contributed by atoms with van der Waals surface area (Å²) in [5.41, 5.74) is 5.55. The molecule has 0 radical (unpaired) electrons. The van der Waals surface area contributed by atoms with E-state index < -0.39 is 0 Å². The number of nitrogens with zero attached hydrogens (tertiary/aromatic N) is 1. The van der Waals surface area contributed by atoms with E-state index in [2.05, 4.69) is 24.4 Å². The number of nitrogens with one attached hydrogen (secondary N) is 1. The molecule has 0 spiro atoms. The molecule has 0 fully saturated rings. The third-order valence-corrected chi connectivity index (χ3v) is 4.04. The van der Waals surface area contributed by atoms with E-state index in [1.807, 2.05) is 42.6 Å². The van der Waals surface area contributed by atoms with Crippen LogP contribution in [-0.2, 0) is 0 Å². The SMILES string of the molecule is Cc1ccsc1C=NNC(=O)c1ccc(C(C)C)cc1. The quantitative estimate of drug-likeness (QED) is 0.671. The Balaban J connectivity index is 1.98. The lowest BCUT2D eigenvalue weighted by molar-refractivity contribution is 0.0955. The van der Waals surface area contributed by atoms with E-state index in [0.29, 0.717) is 11.5 Å². The molecule has 1 heterocycles. The molecule has 0 bridgehead atoms. The van der Waals surface area contributed by atoms with Crippen molar-refractivity contribution in [3.63, 3.8) is 0 Å². The highest BCUT2D eigenvalue weighted by Crippen LogP contribution is 2.15. The molecule has 0 aliphatic heterocycles. The van der Waals surface area contributed by atoms with Crippen LogP contribution in [0.4, 0.5) is 0 Å². The van der Waals surface area contributed by atoms with Gasteiger partial charge in [-0.05, 0) is 47.5 Å².